The van der Waals surface area contributed by atoms with Crippen LogP contribution < -0.4 is 5.73 Å². The maximum atomic E-state index is 13.1. The van der Waals surface area contributed by atoms with Crippen LogP contribution in [0.3, 0.4) is 0 Å². The third-order valence-electron chi connectivity index (χ3n) is 3.01. The van der Waals surface area contributed by atoms with Crippen molar-refractivity contribution in [3.63, 3.8) is 0 Å². The van der Waals surface area contributed by atoms with E-state index in [0.717, 1.165) is 36.2 Å². The van der Waals surface area contributed by atoms with Crippen molar-refractivity contribution in [3.8, 4) is 5.69 Å². The first-order valence-electron chi connectivity index (χ1n) is 5.38. The van der Waals surface area contributed by atoms with E-state index in [1.165, 1.54) is 12.1 Å². The van der Waals surface area contributed by atoms with Gasteiger partial charge in [-0.1, -0.05) is 6.07 Å². The number of halogens is 1. The second kappa shape index (κ2) is 3.33. The molecule has 3 nitrogen and oxygen atoms in total. The van der Waals surface area contributed by atoms with Gasteiger partial charge in [0.2, 0.25) is 0 Å². The molecule has 82 valence electrons. The first-order valence-corrected chi connectivity index (χ1v) is 5.38. The van der Waals surface area contributed by atoms with Crippen LogP contribution in [0.15, 0.2) is 24.3 Å². The molecule has 0 radical (unpaired) electrons. The van der Waals surface area contributed by atoms with Gasteiger partial charge < -0.3 is 5.73 Å². The number of anilines is 1. The van der Waals surface area contributed by atoms with Gasteiger partial charge in [-0.2, -0.15) is 5.10 Å². The lowest BCUT2D eigenvalue weighted by Gasteiger charge is -2.04. The van der Waals surface area contributed by atoms with E-state index in [1.54, 1.807) is 10.7 Å². The van der Waals surface area contributed by atoms with Crippen LogP contribution >= 0.6 is 0 Å². The molecule has 1 aliphatic rings. The third kappa shape index (κ3) is 1.30. The van der Waals surface area contributed by atoms with Crippen molar-refractivity contribution in [1.82, 2.24) is 9.78 Å². The molecule has 1 aliphatic carbocycles. The van der Waals surface area contributed by atoms with E-state index in [-0.39, 0.29) is 5.82 Å². The maximum absolute atomic E-state index is 13.1. The largest absolute Gasteiger partial charge is 0.382 e. The Morgan fingerprint density at radius 3 is 3.00 bits per heavy atom. The highest BCUT2D eigenvalue weighted by atomic mass is 19.1. The Hall–Kier alpha value is -1.84. The fraction of sp³-hybridized carbons (Fsp3) is 0.250. The summed E-state index contributed by atoms with van der Waals surface area (Å²) in [4.78, 5) is 0. The van der Waals surface area contributed by atoms with E-state index in [4.69, 9.17) is 5.73 Å². The molecule has 2 N–H and O–H groups in total. The fourth-order valence-electron chi connectivity index (χ4n) is 2.29. The zero-order valence-electron chi connectivity index (χ0n) is 8.78. The van der Waals surface area contributed by atoms with Gasteiger partial charge in [0.05, 0.1) is 5.69 Å². The smallest absolute Gasteiger partial charge is 0.149 e. The van der Waals surface area contributed by atoms with Crippen LogP contribution in [0.25, 0.3) is 5.69 Å². The summed E-state index contributed by atoms with van der Waals surface area (Å²) in [6.45, 7) is 0. The van der Waals surface area contributed by atoms with Gasteiger partial charge in [0.25, 0.3) is 0 Å². The van der Waals surface area contributed by atoms with E-state index >= 15 is 0 Å². The predicted octanol–water partition coefficient (Wildman–Crippen LogP) is 2.08. The quantitative estimate of drug-likeness (QED) is 0.794. The summed E-state index contributed by atoms with van der Waals surface area (Å²) < 4.78 is 14.9. The maximum Gasteiger partial charge on any atom is 0.149 e. The number of hydrogen-bond donors (Lipinski definition) is 1. The summed E-state index contributed by atoms with van der Waals surface area (Å²) in [6.07, 6.45) is 3.05. The Morgan fingerprint density at radius 2 is 2.19 bits per heavy atom. The normalized spacial score (nSPS) is 14.1. The summed E-state index contributed by atoms with van der Waals surface area (Å²) >= 11 is 0. The van der Waals surface area contributed by atoms with Crippen molar-refractivity contribution in [1.29, 1.82) is 0 Å². The van der Waals surface area contributed by atoms with E-state index in [9.17, 15) is 4.39 Å². The average Bonchev–Trinajstić information content (AvgIpc) is 2.83. The number of rotatable bonds is 1. The Morgan fingerprint density at radius 1 is 1.31 bits per heavy atom. The molecule has 0 unspecified atom stereocenters. The van der Waals surface area contributed by atoms with Gasteiger partial charge in [-0.05, 0) is 37.5 Å². The minimum Gasteiger partial charge on any atom is -0.382 e. The van der Waals surface area contributed by atoms with E-state index < -0.39 is 0 Å². The summed E-state index contributed by atoms with van der Waals surface area (Å²) in [5.41, 5.74) is 8.84. The van der Waals surface area contributed by atoms with Crippen LogP contribution in [0.2, 0.25) is 0 Å². The number of fused-ring (bicyclic) bond motifs is 1. The highest BCUT2D eigenvalue weighted by molar-refractivity contribution is 5.49. The molecular weight excluding hydrogens is 205 g/mol. The number of benzene rings is 1. The molecule has 1 heterocycles. The average molecular weight is 217 g/mol. The highest BCUT2D eigenvalue weighted by Crippen LogP contribution is 2.28. The molecular formula is C12H12FN3. The van der Waals surface area contributed by atoms with Gasteiger partial charge in [0.15, 0.2) is 0 Å². The molecule has 0 atom stereocenters. The SMILES string of the molecule is Nc1nn(-c2cccc(F)c2)c2c1CCC2. The van der Waals surface area contributed by atoms with Gasteiger partial charge in [-0.15, -0.1) is 0 Å². The monoisotopic (exact) mass is 217 g/mol. The summed E-state index contributed by atoms with van der Waals surface area (Å²) in [7, 11) is 0. The lowest BCUT2D eigenvalue weighted by atomic mass is 10.2. The molecule has 1 aromatic heterocycles. The van der Waals surface area contributed by atoms with Gasteiger partial charge >= 0.3 is 0 Å². The standard InChI is InChI=1S/C12H12FN3/c13-8-3-1-4-9(7-8)16-11-6-2-5-10(11)12(14)15-16/h1,3-4,7H,2,5-6H2,(H2,14,15). The van der Waals surface area contributed by atoms with E-state index in [2.05, 4.69) is 5.10 Å². The van der Waals surface area contributed by atoms with Crippen LogP contribution in [-0.4, -0.2) is 9.78 Å². The number of hydrogen-bond acceptors (Lipinski definition) is 2. The van der Waals surface area contributed by atoms with Crippen LogP contribution in [0.5, 0.6) is 0 Å². The molecule has 4 heteroatoms. The van der Waals surface area contributed by atoms with E-state index in [0.29, 0.717) is 5.82 Å². The molecule has 0 saturated heterocycles. The van der Waals surface area contributed by atoms with Gasteiger partial charge in [0.1, 0.15) is 11.6 Å². The number of nitrogen functional groups attached to an aromatic ring is 1. The van der Waals surface area contributed by atoms with Gasteiger partial charge in [0, 0.05) is 11.3 Å². The first kappa shape index (κ1) is 9.39. The molecule has 0 aliphatic heterocycles. The lowest BCUT2D eigenvalue weighted by molar-refractivity contribution is 0.624. The minimum absolute atomic E-state index is 0.252. The van der Waals surface area contributed by atoms with Crippen molar-refractivity contribution in [3.05, 3.63) is 41.3 Å². The third-order valence-corrected chi connectivity index (χ3v) is 3.01. The van der Waals surface area contributed by atoms with Crippen molar-refractivity contribution >= 4 is 5.82 Å². The number of nitrogens with two attached hydrogens (primary N) is 1. The van der Waals surface area contributed by atoms with Crippen molar-refractivity contribution in [2.24, 2.45) is 0 Å². The fourth-order valence-corrected chi connectivity index (χ4v) is 2.29. The highest BCUT2D eigenvalue weighted by Gasteiger charge is 2.21. The zero-order chi connectivity index (χ0) is 11.1. The number of aromatic nitrogens is 2. The van der Waals surface area contributed by atoms with Crippen LogP contribution in [-0.2, 0) is 12.8 Å². The number of nitrogens with zero attached hydrogens (tertiary/aromatic N) is 2. The zero-order valence-corrected chi connectivity index (χ0v) is 8.78. The molecule has 3 rings (SSSR count). The molecule has 0 amide bonds. The molecule has 0 saturated carbocycles. The van der Waals surface area contributed by atoms with Crippen molar-refractivity contribution in [2.75, 3.05) is 5.73 Å². The van der Waals surface area contributed by atoms with Gasteiger partial charge in [-0.3, -0.25) is 0 Å². The van der Waals surface area contributed by atoms with Crippen LogP contribution in [0, 0.1) is 5.82 Å². The Kier molecular flexibility index (Phi) is 1.96. The lowest BCUT2D eigenvalue weighted by Crippen LogP contribution is -2.02. The molecule has 2 aromatic rings. The predicted molar refractivity (Wildman–Crippen MR) is 60.0 cm³/mol. The molecule has 0 fully saturated rings. The Labute approximate surface area is 92.7 Å². The van der Waals surface area contributed by atoms with Crippen molar-refractivity contribution < 1.29 is 4.39 Å². The minimum atomic E-state index is -0.252. The second-order valence-corrected chi connectivity index (χ2v) is 4.06. The summed E-state index contributed by atoms with van der Waals surface area (Å²) in [5, 5.41) is 4.27. The first-order chi connectivity index (χ1) is 7.75. The molecule has 16 heavy (non-hydrogen) atoms. The molecule has 1 aromatic carbocycles. The second-order valence-electron chi connectivity index (χ2n) is 4.06. The topological polar surface area (TPSA) is 43.8 Å². The molecule has 0 spiro atoms. The Bertz CT molecular complexity index is 545. The summed E-state index contributed by atoms with van der Waals surface area (Å²) in [5.74, 6) is 0.329. The Balaban J connectivity index is 2.17. The van der Waals surface area contributed by atoms with Crippen LogP contribution in [0.1, 0.15) is 17.7 Å². The van der Waals surface area contributed by atoms with E-state index in [1.807, 2.05) is 6.07 Å². The van der Waals surface area contributed by atoms with Crippen LogP contribution in [0.4, 0.5) is 10.2 Å². The van der Waals surface area contributed by atoms with Crippen molar-refractivity contribution in [2.45, 2.75) is 19.3 Å². The summed E-state index contributed by atoms with van der Waals surface area (Å²) in [6, 6.07) is 6.43. The van der Waals surface area contributed by atoms with Gasteiger partial charge in [-0.25, -0.2) is 9.07 Å². The molecule has 0 bridgehead atoms.